The van der Waals surface area contributed by atoms with Crippen LogP contribution in [0.4, 0.5) is 4.39 Å². The van der Waals surface area contributed by atoms with Crippen molar-refractivity contribution in [2.75, 3.05) is 0 Å². The van der Waals surface area contributed by atoms with Gasteiger partial charge in [-0.05, 0) is 37.5 Å². The summed E-state index contributed by atoms with van der Waals surface area (Å²) in [5.74, 6) is -0.772. The van der Waals surface area contributed by atoms with Crippen LogP contribution >= 0.6 is 11.6 Å². The largest absolute Gasteiger partial charge is 0.348 e. The Balaban J connectivity index is 2.01. The number of piperidine rings is 1. The number of amides is 2. The predicted molar refractivity (Wildman–Crippen MR) is 73.7 cm³/mol. The Labute approximate surface area is 121 Å². The minimum absolute atomic E-state index is 0.108. The van der Waals surface area contributed by atoms with E-state index >= 15 is 0 Å². The maximum atomic E-state index is 13.0. The van der Waals surface area contributed by atoms with E-state index in [-0.39, 0.29) is 22.9 Å². The van der Waals surface area contributed by atoms with Gasteiger partial charge < -0.3 is 10.6 Å². The molecule has 0 radical (unpaired) electrons. The zero-order valence-corrected chi connectivity index (χ0v) is 11.8. The first-order valence-corrected chi connectivity index (χ1v) is 6.90. The second-order valence-electron chi connectivity index (χ2n) is 4.91. The molecule has 20 heavy (non-hydrogen) atoms. The van der Waals surface area contributed by atoms with Crippen molar-refractivity contribution in [1.29, 1.82) is 0 Å². The van der Waals surface area contributed by atoms with E-state index in [4.69, 9.17) is 11.6 Å². The molecule has 0 aromatic heterocycles. The summed E-state index contributed by atoms with van der Waals surface area (Å²) < 4.78 is 13.0. The van der Waals surface area contributed by atoms with Crippen LogP contribution in [0.25, 0.3) is 0 Å². The Kier molecular flexibility index (Phi) is 4.60. The highest BCUT2D eigenvalue weighted by Gasteiger charge is 2.26. The molecule has 2 rings (SSSR count). The van der Waals surface area contributed by atoms with Crippen LogP contribution in [-0.2, 0) is 9.59 Å². The van der Waals surface area contributed by atoms with E-state index in [0.717, 1.165) is 0 Å². The lowest BCUT2D eigenvalue weighted by Gasteiger charge is -2.24. The number of hydrogen-bond donors (Lipinski definition) is 2. The van der Waals surface area contributed by atoms with E-state index in [1.165, 1.54) is 12.1 Å². The first-order valence-electron chi connectivity index (χ1n) is 6.52. The van der Waals surface area contributed by atoms with Gasteiger partial charge in [-0.3, -0.25) is 9.59 Å². The van der Waals surface area contributed by atoms with Crippen molar-refractivity contribution >= 4 is 23.4 Å². The third-order valence-corrected chi connectivity index (χ3v) is 3.66. The normalized spacial score (nSPS) is 20.1. The van der Waals surface area contributed by atoms with E-state index in [2.05, 4.69) is 10.6 Å². The van der Waals surface area contributed by atoms with Gasteiger partial charge in [0.1, 0.15) is 11.9 Å². The Hall–Kier alpha value is -1.62. The van der Waals surface area contributed by atoms with Crippen LogP contribution in [0.2, 0.25) is 5.02 Å². The van der Waals surface area contributed by atoms with Gasteiger partial charge in [-0.1, -0.05) is 17.7 Å². The van der Waals surface area contributed by atoms with Gasteiger partial charge in [0.25, 0.3) is 0 Å². The molecule has 1 aromatic carbocycles. The van der Waals surface area contributed by atoms with Gasteiger partial charge in [-0.15, -0.1) is 0 Å². The van der Waals surface area contributed by atoms with Crippen molar-refractivity contribution in [2.24, 2.45) is 0 Å². The molecular formula is C14H16ClFN2O2. The summed E-state index contributed by atoms with van der Waals surface area (Å²) in [7, 11) is 0. The summed E-state index contributed by atoms with van der Waals surface area (Å²) in [6.45, 7) is 1.77. The van der Waals surface area contributed by atoms with E-state index in [1.54, 1.807) is 13.0 Å². The van der Waals surface area contributed by atoms with Crippen molar-refractivity contribution < 1.29 is 14.0 Å². The Bertz CT molecular complexity index is 536. The number of carbonyl (C=O) groups excluding carboxylic acids is 2. The molecule has 1 fully saturated rings. The van der Waals surface area contributed by atoms with Gasteiger partial charge in [0, 0.05) is 11.4 Å². The standard InChI is InChI=1S/C14H16ClFN2O2/c1-8(10-6-5-9(16)7-11(10)15)17-14(20)12-3-2-4-13(19)18-12/h5-8,12H,2-4H2,1H3,(H,17,20)(H,18,19)/t8-,12+/m0/s1. The molecule has 1 saturated heterocycles. The molecule has 2 amide bonds. The predicted octanol–water partition coefficient (Wildman–Crippen LogP) is 2.33. The average molecular weight is 299 g/mol. The van der Waals surface area contributed by atoms with Gasteiger partial charge in [-0.2, -0.15) is 0 Å². The molecule has 0 saturated carbocycles. The lowest BCUT2D eigenvalue weighted by atomic mass is 10.0. The monoisotopic (exact) mass is 298 g/mol. The van der Waals surface area contributed by atoms with Crippen LogP contribution < -0.4 is 10.6 Å². The second-order valence-corrected chi connectivity index (χ2v) is 5.32. The number of nitrogens with one attached hydrogen (secondary N) is 2. The first-order chi connectivity index (χ1) is 9.47. The summed E-state index contributed by atoms with van der Waals surface area (Å²) >= 11 is 5.96. The molecule has 0 spiro atoms. The van der Waals surface area contributed by atoms with Crippen molar-refractivity contribution in [1.82, 2.24) is 10.6 Å². The minimum atomic E-state index is -0.502. The van der Waals surface area contributed by atoms with Crippen LogP contribution in [0.15, 0.2) is 18.2 Å². The molecule has 0 unspecified atom stereocenters. The highest BCUT2D eigenvalue weighted by molar-refractivity contribution is 6.31. The van der Waals surface area contributed by atoms with E-state index in [9.17, 15) is 14.0 Å². The molecule has 0 aliphatic carbocycles. The average Bonchev–Trinajstić information content (AvgIpc) is 2.38. The Morgan fingerprint density at radius 1 is 1.55 bits per heavy atom. The Morgan fingerprint density at radius 3 is 2.95 bits per heavy atom. The number of halogens is 2. The molecule has 1 aromatic rings. The summed E-state index contributed by atoms with van der Waals surface area (Å²) in [6, 6.07) is 3.20. The van der Waals surface area contributed by atoms with Gasteiger partial charge in [-0.25, -0.2) is 4.39 Å². The second kappa shape index (κ2) is 6.22. The molecule has 1 heterocycles. The number of rotatable bonds is 3. The molecule has 6 heteroatoms. The van der Waals surface area contributed by atoms with Crippen LogP contribution in [0, 0.1) is 5.82 Å². The first kappa shape index (κ1) is 14.8. The topological polar surface area (TPSA) is 58.2 Å². The molecule has 108 valence electrons. The lowest BCUT2D eigenvalue weighted by molar-refractivity contribution is -0.131. The third-order valence-electron chi connectivity index (χ3n) is 3.34. The third kappa shape index (κ3) is 3.48. The van der Waals surface area contributed by atoms with Crippen LogP contribution in [0.3, 0.4) is 0 Å². The van der Waals surface area contributed by atoms with Gasteiger partial charge in [0.05, 0.1) is 6.04 Å². The Morgan fingerprint density at radius 2 is 2.30 bits per heavy atom. The van der Waals surface area contributed by atoms with Crippen LogP contribution in [0.1, 0.15) is 37.8 Å². The van der Waals surface area contributed by atoms with Crippen LogP contribution in [-0.4, -0.2) is 17.9 Å². The summed E-state index contributed by atoms with van der Waals surface area (Å²) in [4.78, 5) is 23.3. The summed E-state index contributed by atoms with van der Waals surface area (Å²) in [5, 5.41) is 5.71. The molecule has 0 bridgehead atoms. The summed E-state index contributed by atoms with van der Waals surface area (Å²) in [6.07, 6.45) is 1.79. The smallest absolute Gasteiger partial charge is 0.243 e. The molecule has 1 aliphatic heterocycles. The van der Waals surface area contributed by atoms with Gasteiger partial charge >= 0.3 is 0 Å². The summed E-state index contributed by atoms with van der Waals surface area (Å²) in [5.41, 5.74) is 0.642. The van der Waals surface area contributed by atoms with Crippen molar-refractivity contribution in [3.63, 3.8) is 0 Å². The zero-order chi connectivity index (χ0) is 14.7. The molecule has 4 nitrogen and oxygen atoms in total. The maximum absolute atomic E-state index is 13.0. The van der Waals surface area contributed by atoms with Crippen molar-refractivity contribution in [3.8, 4) is 0 Å². The molecule has 2 atom stereocenters. The zero-order valence-electron chi connectivity index (χ0n) is 11.1. The molecule has 2 N–H and O–H groups in total. The molecule has 1 aliphatic rings. The van der Waals surface area contributed by atoms with Crippen molar-refractivity contribution in [2.45, 2.75) is 38.3 Å². The lowest BCUT2D eigenvalue weighted by Crippen LogP contribution is -2.49. The van der Waals surface area contributed by atoms with E-state index in [1.807, 2.05) is 0 Å². The highest BCUT2D eigenvalue weighted by Crippen LogP contribution is 2.24. The maximum Gasteiger partial charge on any atom is 0.243 e. The highest BCUT2D eigenvalue weighted by atomic mass is 35.5. The van der Waals surface area contributed by atoms with E-state index in [0.29, 0.717) is 24.8 Å². The fourth-order valence-corrected chi connectivity index (χ4v) is 2.58. The fraction of sp³-hybridized carbons (Fsp3) is 0.429. The minimum Gasteiger partial charge on any atom is -0.348 e. The van der Waals surface area contributed by atoms with Gasteiger partial charge in [0.2, 0.25) is 11.8 Å². The number of hydrogen-bond acceptors (Lipinski definition) is 2. The van der Waals surface area contributed by atoms with Crippen molar-refractivity contribution in [3.05, 3.63) is 34.6 Å². The quantitative estimate of drug-likeness (QED) is 0.900. The molecular weight excluding hydrogens is 283 g/mol. The SMILES string of the molecule is C[C@H](NC(=O)[C@H]1CCCC(=O)N1)c1ccc(F)cc1Cl. The van der Waals surface area contributed by atoms with E-state index < -0.39 is 11.9 Å². The fourth-order valence-electron chi connectivity index (χ4n) is 2.25. The number of benzene rings is 1. The number of carbonyl (C=O) groups is 2. The van der Waals surface area contributed by atoms with Gasteiger partial charge in [0.15, 0.2) is 0 Å². The van der Waals surface area contributed by atoms with Crippen LogP contribution in [0.5, 0.6) is 0 Å².